The van der Waals surface area contributed by atoms with Crippen molar-refractivity contribution in [2.45, 2.75) is 13.8 Å². The first-order chi connectivity index (χ1) is 8.00. The molecule has 4 heteroatoms. The standard InChI is InChI=1S/C13H13ClN2O/c1-7-11(8(2)17)13(15)16-12(7)9-3-5-10(14)6-4-9/h3-6,16H,15H2,1-2H3. The van der Waals surface area contributed by atoms with Gasteiger partial charge in [0.05, 0.1) is 11.3 Å². The Labute approximate surface area is 105 Å². The molecule has 0 aliphatic rings. The van der Waals surface area contributed by atoms with Gasteiger partial charge in [0.25, 0.3) is 0 Å². The Balaban J connectivity index is 2.57. The summed E-state index contributed by atoms with van der Waals surface area (Å²) < 4.78 is 0. The van der Waals surface area contributed by atoms with E-state index >= 15 is 0 Å². The van der Waals surface area contributed by atoms with Crippen molar-refractivity contribution in [1.82, 2.24) is 4.98 Å². The van der Waals surface area contributed by atoms with E-state index in [1.54, 1.807) is 12.1 Å². The number of hydrogen-bond donors (Lipinski definition) is 2. The maximum absolute atomic E-state index is 11.5. The molecule has 0 fully saturated rings. The highest BCUT2D eigenvalue weighted by atomic mass is 35.5. The number of anilines is 1. The SMILES string of the molecule is CC(=O)c1c(N)[nH]c(-c2ccc(Cl)cc2)c1C. The highest BCUT2D eigenvalue weighted by Crippen LogP contribution is 2.29. The lowest BCUT2D eigenvalue weighted by Gasteiger charge is -2.01. The van der Waals surface area contributed by atoms with Crippen LogP contribution in [0.25, 0.3) is 11.3 Å². The fourth-order valence-corrected chi connectivity index (χ4v) is 2.10. The summed E-state index contributed by atoms with van der Waals surface area (Å²) in [5, 5.41) is 0.678. The van der Waals surface area contributed by atoms with Crippen LogP contribution in [0, 0.1) is 6.92 Å². The van der Waals surface area contributed by atoms with Gasteiger partial charge in [-0.25, -0.2) is 0 Å². The summed E-state index contributed by atoms with van der Waals surface area (Å²) in [5.41, 5.74) is 9.07. The lowest BCUT2D eigenvalue weighted by atomic mass is 10.0. The minimum atomic E-state index is -0.0311. The number of nitrogens with one attached hydrogen (secondary N) is 1. The molecule has 3 N–H and O–H groups in total. The summed E-state index contributed by atoms with van der Waals surface area (Å²) >= 11 is 5.84. The number of halogens is 1. The van der Waals surface area contributed by atoms with Gasteiger partial charge >= 0.3 is 0 Å². The van der Waals surface area contributed by atoms with Crippen LogP contribution in [0.3, 0.4) is 0 Å². The molecule has 0 spiro atoms. The van der Waals surface area contributed by atoms with Crippen LogP contribution in [-0.4, -0.2) is 10.8 Å². The highest BCUT2D eigenvalue weighted by Gasteiger charge is 2.16. The quantitative estimate of drug-likeness (QED) is 0.800. The summed E-state index contributed by atoms with van der Waals surface area (Å²) in [4.78, 5) is 14.5. The second-order valence-electron chi connectivity index (χ2n) is 3.98. The predicted molar refractivity (Wildman–Crippen MR) is 70.4 cm³/mol. The smallest absolute Gasteiger partial charge is 0.163 e. The molecule has 0 bridgehead atoms. The lowest BCUT2D eigenvalue weighted by molar-refractivity contribution is 0.101. The number of ketones is 1. The van der Waals surface area contributed by atoms with Crippen molar-refractivity contribution < 1.29 is 4.79 Å². The molecule has 1 aromatic carbocycles. The Morgan fingerprint density at radius 1 is 1.29 bits per heavy atom. The van der Waals surface area contributed by atoms with E-state index in [1.807, 2.05) is 19.1 Å². The third kappa shape index (κ3) is 2.06. The van der Waals surface area contributed by atoms with Gasteiger partial charge < -0.3 is 10.7 Å². The Kier molecular flexibility index (Phi) is 2.94. The topological polar surface area (TPSA) is 58.9 Å². The first-order valence-electron chi connectivity index (χ1n) is 5.25. The van der Waals surface area contributed by atoms with Crippen molar-refractivity contribution in [3.63, 3.8) is 0 Å². The van der Waals surface area contributed by atoms with Crippen LogP contribution in [0.15, 0.2) is 24.3 Å². The van der Waals surface area contributed by atoms with E-state index in [1.165, 1.54) is 6.92 Å². The molecule has 0 saturated carbocycles. The number of carbonyl (C=O) groups is 1. The number of Topliss-reactive ketones (excluding diaryl/α,β-unsaturated/α-hetero) is 1. The molecule has 0 unspecified atom stereocenters. The first-order valence-corrected chi connectivity index (χ1v) is 5.63. The molecule has 1 aromatic heterocycles. The predicted octanol–water partition coefficient (Wildman–Crippen LogP) is 3.43. The van der Waals surface area contributed by atoms with E-state index < -0.39 is 0 Å². The van der Waals surface area contributed by atoms with Gasteiger partial charge in [0, 0.05) is 5.02 Å². The maximum Gasteiger partial charge on any atom is 0.163 e. The third-order valence-corrected chi connectivity index (χ3v) is 3.02. The van der Waals surface area contributed by atoms with E-state index in [-0.39, 0.29) is 5.78 Å². The van der Waals surface area contributed by atoms with Crippen molar-refractivity contribution >= 4 is 23.2 Å². The van der Waals surface area contributed by atoms with Gasteiger partial charge in [-0.15, -0.1) is 0 Å². The number of H-pyrrole nitrogens is 1. The number of carbonyl (C=O) groups excluding carboxylic acids is 1. The Morgan fingerprint density at radius 3 is 2.35 bits per heavy atom. The van der Waals surface area contributed by atoms with E-state index in [2.05, 4.69) is 4.98 Å². The molecule has 0 aliphatic heterocycles. The van der Waals surface area contributed by atoms with Crippen LogP contribution >= 0.6 is 11.6 Å². The van der Waals surface area contributed by atoms with Crippen molar-refractivity contribution in [2.24, 2.45) is 0 Å². The molecule has 0 amide bonds. The molecule has 2 rings (SSSR count). The minimum Gasteiger partial charge on any atom is -0.385 e. The van der Waals surface area contributed by atoms with E-state index in [4.69, 9.17) is 17.3 Å². The van der Waals surface area contributed by atoms with E-state index in [0.717, 1.165) is 16.8 Å². The van der Waals surface area contributed by atoms with Crippen LogP contribution in [0.2, 0.25) is 5.02 Å². The fraction of sp³-hybridized carbons (Fsp3) is 0.154. The van der Waals surface area contributed by atoms with Gasteiger partial charge in [0.15, 0.2) is 5.78 Å². The second-order valence-corrected chi connectivity index (χ2v) is 4.41. The number of hydrogen-bond acceptors (Lipinski definition) is 2. The largest absolute Gasteiger partial charge is 0.385 e. The molecule has 0 radical (unpaired) electrons. The van der Waals surface area contributed by atoms with Crippen LogP contribution in [0.5, 0.6) is 0 Å². The lowest BCUT2D eigenvalue weighted by Crippen LogP contribution is -1.97. The van der Waals surface area contributed by atoms with Crippen LogP contribution in [0.4, 0.5) is 5.82 Å². The number of rotatable bonds is 2. The fourth-order valence-electron chi connectivity index (χ4n) is 1.98. The molecule has 88 valence electrons. The van der Waals surface area contributed by atoms with Crippen LogP contribution in [-0.2, 0) is 0 Å². The van der Waals surface area contributed by atoms with E-state index in [0.29, 0.717) is 16.4 Å². The number of aromatic amines is 1. The zero-order valence-electron chi connectivity index (χ0n) is 9.67. The third-order valence-electron chi connectivity index (χ3n) is 2.76. The molecule has 17 heavy (non-hydrogen) atoms. The average Bonchev–Trinajstić information content (AvgIpc) is 2.55. The minimum absolute atomic E-state index is 0.0311. The van der Waals surface area contributed by atoms with Crippen molar-refractivity contribution in [3.8, 4) is 11.3 Å². The molecule has 3 nitrogen and oxygen atoms in total. The summed E-state index contributed by atoms with van der Waals surface area (Å²) in [6.45, 7) is 3.39. The second kappa shape index (κ2) is 4.26. The first kappa shape index (κ1) is 11.7. The van der Waals surface area contributed by atoms with E-state index in [9.17, 15) is 4.79 Å². The van der Waals surface area contributed by atoms with Gasteiger partial charge in [0.2, 0.25) is 0 Å². The average molecular weight is 249 g/mol. The molecule has 0 aliphatic carbocycles. The highest BCUT2D eigenvalue weighted by molar-refractivity contribution is 6.30. The van der Waals surface area contributed by atoms with Crippen molar-refractivity contribution in [2.75, 3.05) is 5.73 Å². The normalized spacial score (nSPS) is 10.5. The summed E-state index contributed by atoms with van der Waals surface area (Å²) in [7, 11) is 0. The van der Waals surface area contributed by atoms with Crippen molar-refractivity contribution in [3.05, 3.63) is 40.4 Å². The number of benzene rings is 1. The van der Waals surface area contributed by atoms with Crippen LogP contribution < -0.4 is 5.73 Å². The number of nitrogen functional groups attached to an aromatic ring is 1. The van der Waals surface area contributed by atoms with Gasteiger partial charge in [-0.3, -0.25) is 4.79 Å². The Bertz CT molecular complexity index is 570. The molecule has 1 heterocycles. The van der Waals surface area contributed by atoms with Gasteiger partial charge in [-0.1, -0.05) is 23.7 Å². The molecule has 0 saturated heterocycles. The Hall–Kier alpha value is -1.74. The van der Waals surface area contributed by atoms with Gasteiger partial charge in [-0.05, 0) is 37.1 Å². The monoisotopic (exact) mass is 248 g/mol. The maximum atomic E-state index is 11.5. The Morgan fingerprint density at radius 2 is 1.88 bits per heavy atom. The van der Waals surface area contributed by atoms with Gasteiger partial charge in [-0.2, -0.15) is 0 Å². The molecular weight excluding hydrogens is 236 g/mol. The van der Waals surface area contributed by atoms with Crippen LogP contribution in [0.1, 0.15) is 22.8 Å². The summed E-state index contributed by atoms with van der Waals surface area (Å²) in [6.07, 6.45) is 0. The summed E-state index contributed by atoms with van der Waals surface area (Å²) in [6, 6.07) is 7.40. The zero-order chi connectivity index (χ0) is 12.6. The number of nitrogens with two attached hydrogens (primary N) is 1. The number of aromatic nitrogens is 1. The zero-order valence-corrected chi connectivity index (χ0v) is 10.4. The molecule has 0 atom stereocenters. The summed E-state index contributed by atoms with van der Waals surface area (Å²) in [5.74, 6) is 0.386. The van der Waals surface area contributed by atoms with Gasteiger partial charge in [0.1, 0.15) is 5.82 Å². The molecular formula is C13H13ClN2O. The molecule has 2 aromatic rings. The van der Waals surface area contributed by atoms with Crippen molar-refractivity contribution in [1.29, 1.82) is 0 Å².